The van der Waals surface area contributed by atoms with Crippen LogP contribution in [0.2, 0.25) is 0 Å². The standard InChI is InChI=1S/C21H28N2O6S.Na.H/c1-21(2,12-15-6-4-5-14(9-15)10-20(26)27)22-13-19(25)16-7-8-18(24)17(11-16)23-30(3,28)29;;/h4-9,11,19,22-25H,10,12-13H2,1-3H3,(H,26,27);;/q;+1;-1. The van der Waals surface area contributed by atoms with Gasteiger partial charge in [-0.3, -0.25) is 9.52 Å². The topological polar surface area (TPSA) is 136 Å². The SMILES string of the molecule is CC(C)(Cc1cccc(CC(=O)O)c1)NCC(O)c1ccc(O)c(NS(C)(=O)=O)c1.[H-].[Na+]. The van der Waals surface area contributed by atoms with E-state index in [9.17, 15) is 23.4 Å². The molecule has 31 heavy (non-hydrogen) atoms. The van der Waals surface area contributed by atoms with Crippen molar-refractivity contribution in [2.75, 3.05) is 17.5 Å². The van der Waals surface area contributed by atoms with Crippen LogP contribution in [0.15, 0.2) is 42.5 Å². The van der Waals surface area contributed by atoms with Gasteiger partial charge in [-0.1, -0.05) is 30.3 Å². The van der Waals surface area contributed by atoms with Gasteiger partial charge in [0.15, 0.2) is 0 Å². The van der Waals surface area contributed by atoms with Crippen LogP contribution >= 0.6 is 0 Å². The summed E-state index contributed by atoms with van der Waals surface area (Å²) < 4.78 is 25.1. The summed E-state index contributed by atoms with van der Waals surface area (Å²) in [4.78, 5) is 10.9. The van der Waals surface area contributed by atoms with E-state index in [2.05, 4.69) is 10.0 Å². The molecule has 0 fully saturated rings. The van der Waals surface area contributed by atoms with Crippen LogP contribution < -0.4 is 39.6 Å². The van der Waals surface area contributed by atoms with Crippen molar-refractivity contribution in [3.63, 3.8) is 0 Å². The molecule has 8 nitrogen and oxygen atoms in total. The Bertz CT molecular complexity index is 1020. The number of aliphatic carboxylic acids is 1. The average molecular weight is 461 g/mol. The van der Waals surface area contributed by atoms with E-state index in [0.717, 1.165) is 17.4 Å². The molecule has 10 heteroatoms. The van der Waals surface area contributed by atoms with Crippen molar-refractivity contribution in [3.05, 3.63) is 59.2 Å². The van der Waals surface area contributed by atoms with E-state index in [1.807, 2.05) is 32.0 Å². The Morgan fingerprint density at radius 2 is 1.81 bits per heavy atom. The van der Waals surface area contributed by atoms with Crippen LogP contribution in [0.5, 0.6) is 5.75 Å². The zero-order valence-electron chi connectivity index (χ0n) is 19.2. The zero-order chi connectivity index (χ0) is 22.5. The van der Waals surface area contributed by atoms with Crippen LogP contribution in [0.25, 0.3) is 0 Å². The van der Waals surface area contributed by atoms with Crippen LogP contribution in [-0.2, 0) is 27.7 Å². The van der Waals surface area contributed by atoms with E-state index in [4.69, 9.17) is 5.11 Å². The van der Waals surface area contributed by atoms with Gasteiger partial charge in [0.05, 0.1) is 24.5 Å². The summed E-state index contributed by atoms with van der Waals surface area (Å²) in [5, 5.41) is 32.6. The molecule has 0 saturated heterocycles. The molecule has 0 aliphatic heterocycles. The molecule has 2 rings (SSSR count). The molecule has 2 aromatic carbocycles. The molecule has 0 heterocycles. The Kier molecular flexibility index (Phi) is 10.00. The second-order valence-electron chi connectivity index (χ2n) is 8.00. The maximum absolute atomic E-state index is 11.4. The molecule has 0 aliphatic rings. The summed E-state index contributed by atoms with van der Waals surface area (Å²) in [6.07, 6.45) is 0.628. The van der Waals surface area contributed by atoms with Gasteiger partial charge in [-0.15, -0.1) is 0 Å². The van der Waals surface area contributed by atoms with E-state index >= 15 is 0 Å². The van der Waals surface area contributed by atoms with Crippen LogP contribution in [0.3, 0.4) is 0 Å². The molecular formula is C21H29N2NaO6S. The van der Waals surface area contributed by atoms with Gasteiger partial charge < -0.3 is 22.1 Å². The van der Waals surface area contributed by atoms with Crippen molar-refractivity contribution < 1.29 is 59.5 Å². The minimum atomic E-state index is -3.57. The Morgan fingerprint density at radius 1 is 1.16 bits per heavy atom. The summed E-state index contributed by atoms with van der Waals surface area (Å²) >= 11 is 0. The number of rotatable bonds is 10. The van der Waals surface area contributed by atoms with Gasteiger partial charge in [0.2, 0.25) is 10.0 Å². The molecule has 0 radical (unpaired) electrons. The van der Waals surface area contributed by atoms with E-state index in [1.54, 1.807) is 6.07 Å². The first-order chi connectivity index (χ1) is 13.8. The molecule has 0 spiro atoms. The molecule has 0 aromatic heterocycles. The van der Waals surface area contributed by atoms with Crippen molar-refractivity contribution in [2.24, 2.45) is 0 Å². The molecule has 0 aliphatic carbocycles. The van der Waals surface area contributed by atoms with E-state index in [1.165, 1.54) is 18.2 Å². The number of aliphatic hydroxyl groups is 1. The second-order valence-corrected chi connectivity index (χ2v) is 9.75. The fraction of sp³-hybridized carbons (Fsp3) is 0.381. The number of sulfonamides is 1. The Morgan fingerprint density at radius 3 is 2.42 bits per heavy atom. The van der Waals surface area contributed by atoms with Crippen molar-refractivity contribution >= 4 is 21.7 Å². The number of benzene rings is 2. The predicted octanol–water partition coefficient (Wildman–Crippen LogP) is -0.848. The molecular weight excluding hydrogens is 431 g/mol. The average Bonchev–Trinajstić information content (AvgIpc) is 2.60. The quantitative estimate of drug-likeness (QED) is 0.230. The minimum Gasteiger partial charge on any atom is -1.00 e. The smallest absolute Gasteiger partial charge is 1.00 e. The third-order valence-corrected chi connectivity index (χ3v) is 5.06. The fourth-order valence-electron chi connectivity index (χ4n) is 3.13. The molecule has 5 N–H and O–H groups in total. The summed E-state index contributed by atoms with van der Waals surface area (Å²) in [6.45, 7) is 4.14. The number of carbonyl (C=O) groups is 1. The first kappa shape index (κ1) is 27.4. The van der Waals surface area contributed by atoms with Gasteiger partial charge in [-0.05, 0) is 49.1 Å². The number of aromatic hydroxyl groups is 1. The van der Waals surface area contributed by atoms with Gasteiger partial charge in [0.25, 0.3) is 0 Å². The third-order valence-electron chi connectivity index (χ3n) is 4.47. The number of β-amino-alcohol motifs (C(OH)–C–C–N with tert-alkyl or cyclic N) is 1. The number of hydrogen-bond donors (Lipinski definition) is 5. The number of carboxylic acid groups (broad SMARTS) is 1. The van der Waals surface area contributed by atoms with Crippen LogP contribution in [0.4, 0.5) is 5.69 Å². The number of phenolic OH excluding ortho intramolecular Hbond substituents is 1. The number of nitrogens with one attached hydrogen (secondary N) is 2. The minimum absolute atomic E-state index is 0. The van der Waals surface area contributed by atoms with Crippen molar-refractivity contribution in [1.82, 2.24) is 5.32 Å². The molecule has 166 valence electrons. The van der Waals surface area contributed by atoms with Gasteiger partial charge >= 0.3 is 35.5 Å². The number of anilines is 1. The summed E-state index contributed by atoms with van der Waals surface area (Å²) in [7, 11) is -3.57. The van der Waals surface area contributed by atoms with Crippen LogP contribution in [0.1, 0.15) is 38.1 Å². The van der Waals surface area contributed by atoms with E-state index in [0.29, 0.717) is 12.0 Å². The van der Waals surface area contributed by atoms with Gasteiger partial charge in [-0.2, -0.15) is 0 Å². The maximum Gasteiger partial charge on any atom is 1.00 e. The monoisotopic (exact) mass is 460 g/mol. The normalized spacial score (nSPS) is 12.6. The second kappa shape index (κ2) is 11.3. The Labute approximate surface area is 206 Å². The zero-order valence-corrected chi connectivity index (χ0v) is 21.0. The Balaban J connectivity index is 0.00000480. The Hall–Kier alpha value is -1.62. The predicted molar refractivity (Wildman–Crippen MR) is 116 cm³/mol. The van der Waals surface area contributed by atoms with Crippen LogP contribution in [-0.4, -0.2) is 48.0 Å². The number of carboxylic acids is 1. The molecule has 0 amide bonds. The van der Waals surface area contributed by atoms with Gasteiger partial charge in [0.1, 0.15) is 5.75 Å². The summed E-state index contributed by atoms with van der Waals surface area (Å²) in [6, 6.07) is 11.6. The van der Waals surface area contributed by atoms with Gasteiger partial charge in [-0.25, -0.2) is 8.42 Å². The molecule has 0 saturated carbocycles. The first-order valence-electron chi connectivity index (χ1n) is 9.38. The van der Waals surface area contributed by atoms with Crippen molar-refractivity contribution in [3.8, 4) is 5.75 Å². The van der Waals surface area contributed by atoms with E-state index in [-0.39, 0.29) is 55.4 Å². The number of aliphatic hydroxyl groups excluding tert-OH is 1. The fourth-order valence-corrected chi connectivity index (χ4v) is 3.69. The maximum atomic E-state index is 11.4. The van der Waals surface area contributed by atoms with Crippen molar-refractivity contribution in [1.29, 1.82) is 0 Å². The largest absolute Gasteiger partial charge is 1.00 e. The summed E-state index contributed by atoms with van der Waals surface area (Å²) in [5.74, 6) is -1.11. The number of hydrogen-bond acceptors (Lipinski definition) is 6. The van der Waals surface area contributed by atoms with E-state index < -0.39 is 27.6 Å². The molecule has 1 unspecified atom stereocenters. The van der Waals surface area contributed by atoms with Crippen molar-refractivity contribution in [2.45, 2.75) is 38.3 Å². The molecule has 1 atom stereocenters. The molecule has 2 aromatic rings. The number of phenols is 1. The molecule has 0 bridgehead atoms. The van der Waals surface area contributed by atoms with Crippen LogP contribution in [0, 0.1) is 0 Å². The van der Waals surface area contributed by atoms with Gasteiger partial charge in [0, 0.05) is 12.1 Å². The first-order valence-corrected chi connectivity index (χ1v) is 11.3. The third kappa shape index (κ3) is 9.59. The summed E-state index contributed by atoms with van der Waals surface area (Å²) in [5.41, 5.74) is 1.76.